The minimum absolute atomic E-state index is 0. The number of nitrogens with zero attached hydrogens (tertiary/aromatic N) is 2. The molecule has 0 atom stereocenters. The molecule has 1 saturated heterocycles. The highest BCUT2D eigenvalue weighted by molar-refractivity contribution is 14.0. The fraction of sp³-hybridized carbons (Fsp3) is 0.636. The van der Waals surface area contributed by atoms with Crippen LogP contribution in [0.5, 0.6) is 5.75 Å². The summed E-state index contributed by atoms with van der Waals surface area (Å²) in [6.07, 6.45) is 8.44. The molecule has 1 saturated carbocycles. The van der Waals surface area contributed by atoms with Crippen LogP contribution >= 0.6 is 24.0 Å². The van der Waals surface area contributed by atoms with E-state index in [1.54, 1.807) is 0 Å². The first-order valence-corrected chi connectivity index (χ1v) is 10.8. The van der Waals surface area contributed by atoms with Crippen LogP contribution in [0.1, 0.15) is 51.0 Å². The molecule has 0 spiro atoms. The van der Waals surface area contributed by atoms with Crippen molar-refractivity contribution in [1.82, 2.24) is 15.5 Å². The van der Waals surface area contributed by atoms with Crippen LogP contribution in [0.15, 0.2) is 29.3 Å². The van der Waals surface area contributed by atoms with Crippen molar-refractivity contribution in [2.45, 2.75) is 58.0 Å². The highest BCUT2D eigenvalue weighted by atomic mass is 127. The summed E-state index contributed by atoms with van der Waals surface area (Å²) in [5.41, 5.74) is 1.26. The first kappa shape index (κ1) is 23.8. The van der Waals surface area contributed by atoms with Crippen molar-refractivity contribution in [2.24, 2.45) is 4.99 Å². The van der Waals surface area contributed by atoms with Crippen LogP contribution in [-0.2, 0) is 11.2 Å². The zero-order valence-corrected chi connectivity index (χ0v) is 19.8. The van der Waals surface area contributed by atoms with E-state index < -0.39 is 0 Å². The van der Waals surface area contributed by atoms with E-state index in [9.17, 15) is 4.79 Å². The molecule has 6 nitrogen and oxygen atoms in total. The van der Waals surface area contributed by atoms with Crippen LogP contribution in [0.2, 0.25) is 0 Å². The normalized spacial score (nSPS) is 17.1. The van der Waals surface area contributed by atoms with E-state index in [1.165, 1.54) is 31.2 Å². The van der Waals surface area contributed by atoms with E-state index in [0.717, 1.165) is 51.2 Å². The number of hydrogen-bond acceptors (Lipinski definition) is 3. The average molecular weight is 514 g/mol. The zero-order chi connectivity index (χ0) is 19.6. The smallest absolute Gasteiger partial charge is 0.244 e. The quantitative estimate of drug-likeness (QED) is 0.318. The second-order valence-electron chi connectivity index (χ2n) is 7.63. The molecule has 162 valence electrons. The van der Waals surface area contributed by atoms with Crippen molar-refractivity contribution in [3.8, 4) is 5.75 Å². The standard InChI is InChI=1S/C22H34N4O2.HI/c1-2-23-22(25-17-21(27)26-15-5-6-16-26)24-14-13-18-9-11-20(12-10-18)28-19-7-3-4-8-19;/h9-12,19H,2-8,13-17H2,1H3,(H2,23,24,25);1H. The fourth-order valence-electron chi connectivity index (χ4n) is 3.81. The average Bonchev–Trinajstić information content (AvgIpc) is 3.41. The van der Waals surface area contributed by atoms with E-state index in [4.69, 9.17) is 4.74 Å². The number of hydrogen-bond donors (Lipinski definition) is 2. The Morgan fingerprint density at radius 1 is 1.10 bits per heavy atom. The molecule has 2 fully saturated rings. The number of amides is 1. The summed E-state index contributed by atoms with van der Waals surface area (Å²) in [5, 5.41) is 6.54. The Kier molecular flexibility index (Phi) is 10.6. The molecule has 1 amide bonds. The first-order valence-electron chi connectivity index (χ1n) is 10.8. The highest BCUT2D eigenvalue weighted by Gasteiger charge is 2.17. The molecule has 1 heterocycles. The minimum Gasteiger partial charge on any atom is -0.490 e. The van der Waals surface area contributed by atoms with Gasteiger partial charge in [-0.1, -0.05) is 12.1 Å². The maximum Gasteiger partial charge on any atom is 0.244 e. The lowest BCUT2D eigenvalue weighted by atomic mass is 10.1. The van der Waals surface area contributed by atoms with E-state index in [2.05, 4.69) is 39.9 Å². The molecular weight excluding hydrogens is 479 g/mol. The predicted molar refractivity (Wildman–Crippen MR) is 128 cm³/mol. The number of carbonyl (C=O) groups is 1. The predicted octanol–water partition coefficient (Wildman–Crippen LogP) is 3.35. The molecule has 0 aromatic heterocycles. The molecule has 29 heavy (non-hydrogen) atoms. The van der Waals surface area contributed by atoms with Crippen molar-refractivity contribution in [3.63, 3.8) is 0 Å². The lowest BCUT2D eigenvalue weighted by Gasteiger charge is -2.15. The van der Waals surface area contributed by atoms with Gasteiger partial charge in [0.25, 0.3) is 0 Å². The lowest BCUT2D eigenvalue weighted by Crippen LogP contribution is -2.39. The molecule has 7 heteroatoms. The summed E-state index contributed by atoms with van der Waals surface area (Å²) in [4.78, 5) is 18.5. The van der Waals surface area contributed by atoms with Gasteiger partial charge < -0.3 is 20.3 Å². The van der Waals surface area contributed by atoms with E-state index in [-0.39, 0.29) is 36.4 Å². The molecule has 0 unspecified atom stereocenters. The molecule has 3 rings (SSSR count). The Morgan fingerprint density at radius 2 is 1.79 bits per heavy atom. The fourth-order valence-corrected chi connectivity index (χ4v) is 3.81. The third-order valence-electron chi connectivity index (χ3n) is 5.41. The molecule has 2 N–H and O–H groups in total. The van der Waals surface area contributed by atoms with Gasteiger partial charge in [0.2, 0.25) is 5.91 Å². The minimum atomic E-state index is 0. The topological polar surface area (TPSA) is 66.0 Å². The van der Waals surface area contributed by atoms with Crippen LogP contribution in [0.25, 0.3) is 0 Å². The van der Waals surface area contributed by atoms with Crippen molar-refractivity contribution < 1.29 is 9.53 Å². The molecule has 0 radical (unpaired) electrons. The number of aliphatic imine (C=N–C) groups is 1. The molecule has 2 aliphatic rings. The van der Waals surface area contributed by atoms with Gasteiger partial charge in [0.05, 0.1) is 6.10 Å². The summed E-state index contributed by atoms with van der Waals surface area (Å²) in [6.45, 7) is 5.53. The number of nitrogens with one attached hydrogen (secondary N) is 2. The van der Waals surface area contributed by atoms with Gasteiger partial charge in [-0.2, -0.15) is 0 Å². The third-order valence-corrected chi connectivity index (χ3v) is 5.41. The summed E-state index contributed by atoms with van der Waals surface area (Å²) >= 11 is 0. The van der Waals surface area contributed by atoms with Crippen molar-refractivity contribution in [2.75, 3.05) is 32.7 Å². The summed E-state index contributed by atoms with van der Waals surface area (Å²) in [6, 6.07) is 8.41. The van der Waals surface area contributed by atoms with Crippen LogP contribution in [0.3, 0.4) is 0 Å². The number of ether oxygens (including phenoxy) is 1. The molecule has 1 aromatic carbocycles. The number of likely N-dealkylation sites (tertiary alicyclic amines) is 1. The Morgan fingerprint density at radius 3 is 2.45 bits per heavy atom. The monoisotopic (exact) mass is 514 g/mol. The van der Waals surface area contributed by atoms with Crippen LogP contribution in [0, 0.1) is 0 Å². The molecular formula is C22H35IN4O2. The van der Waals surface area contributed by atoms with E-state index in [0.29, 0.717) is 12.1 Å². The van der Waals surface area contributed by atoms with Gasteiger partial charge in [0.15, 0.2) is 5.96 Å². The van der Waals surface area contributed by atoms with E-state index in [1.807, 2.05) is 11.8 Å². The SMILES string of the molecule is CCNC(=NCC(=O)N1CCCC1)NCCc1ccc(OC2CCCC2)cc1.I. The van der Waals surface area contributed by atoms with Gasteiger partial charge in [-0.05, 0) is 69.6 Å². The Labute approximate surface area is 191 Å². The molecule has 0 bridgehead atoms. The number of benzene rings is 1. The number of carbonyl (C=O) groups excluding carboxylic acids is 1. The maximum atomic E-state index is 12.2. The Bertz CT molecular complexity index is 639. The third kappa shape index (κ3) is 8.03. The van der Waals surface area contributed by atoms with Crippen LogP contribution < -0.4 is 15.4 Å². The van der Waals surface area contributed by atoms with Crippen molar-refractivity contribution in [1.29, 1.82) is 0 Å². The van der Waals surface area contributed by atoms with Crippen molar-refractivity contribution in [3.05, 3.63) is 29.8 Å². The van der Waals surface area contributed by atoms with Crippen molar-refractivity contribution >= 4 is 35.8 Å². The number of rotatable bonds is 8. The summed E-state index contributed by atoms with van der Waals surface area (Å²) in [5.74, 6) is 1.79. The van der Waals surface area contributed by atoms with Gasteiger partial charge >= 0.3 is 0 Å². The summed E-state index contributed by atoms with van der Waals surface area (Å²) in [7, 11) is 0. The second kappa shape index (κ2) is 12.9. The van der Waals surface area contributed by atoms with Crippen LogP contribution in [0.4, 0.5) is 0 Å². The molecule has 1 aliphatic heterocycles. The van der Waals surface area contributed by atoms with E-state index >= 15 is 0 Å². The number of guanidine groups is 1. The zero-order valence-electron chi connectivity index (χ0n) is 17.5. The van der Waals surface area contributed by atoms with Gasteiger partial charge in [-0.25, -0.2) is 4.99 Å². The Hall–Kier alpha value is -1.51. The first-order chi connectivity index (χ1) is 13.7. The number of halogens is 1. The second-order valence-corrected chi connectivity index (χ2v) is 7.63. The highest BCUT2D eigenvalue weighted by Crippen LogP contribution is 2.24. The lowest BCUT2D eigenvalue weighted by molar-refractivity contribution is -0.128. The van der Waals surface area contributed by atoms with Gasteiger partial charge in [0, 0.05) is 26.2 Å². The largest absolute Gasteiger partial charge is 0.490 e. The van der Waals surface area contributed by atoms with Gasteiger partial charge in [-0.15, -0.1) is 24.0 Å². The van der Waals surface area contributed by atoms with Crippen LogP contribution in [-0.4, -0.2) is 55.6 Å². The summed E-state index contributed by atoms with van der Waals surface area (Å²) < 4.78 is 6.02. The van der Waals surface area contributed by atoms with Gasteiger partial charge in [0.1, 0.15) is 12.3 Å². The molecule has 1 aromatic rings. The Balaban J connectivity index is 0.00000300. The van der Waals surface area contributed by atoms with Gasteiger partial charge in [-0.3, -0.25) is 4.79 Å². The maximum absolute atomic E-state index is 12.2. The molecule has 1 aliphatic carbocycles.